The fourth-order valence-corrected chi connectivity index (χ4v) is 2.95. The lowest BCUT2D eigenvalue weighted by Crippen LogP contribution is -1.99. The van der Waals surface area contributed by atoms with E-state index in [1.165, 1.54) is 11.1 Å². The molecule has 0 saturated heterocycles. The van der Waals surface area contributed by atoms with E-state index < -0.39 is 0 Å². The average Bonchev–Trinajstić information content (AvgIpc) is 2.81. The van der Waals surface area contributed by atoms with Gasteiger partial charge in [0.2, 0.25) is 0 Å². The Morgan fingerprint density at radius 1 is 0.633 bits per heavy atom. The molecule has 0 aliphatic carbocycles. The van der Waals surface area contributed by atoms with E-state index in [0.717, 1.165) is 48.6 Å². The predicted octanol–water partition coefficient (Wildman–Crippen LogP) is 4.88. The predicted molar refractivity (Wildman–Crippen MR) is 122 cm³/mol. The molecule has 4 aromatic rings. The number of nitrogens with zero attached hydrogens (tertiary/aromatic N) is 4. The summed E-state index contributed by atoms with van der Waals surface area (Å²) in [4.78, 5) is 17.1. The van der Waals surface area contributed by atoms with Crippen LogP contribution in [-0.4, -0.2) is 26.5 Å². The molecule has 0 unspecified atom stereocenters. The Morgan fingerprint density at radius 3 is 1.80 bits per heavy atom. The van der Waals surface area contributed by atoms with Crippen LogP contribution in [0.1, 0.15) is 24.0 Å². The summed E-state index contributed by atoms with van der Waals surface area (Å²) in [5, 5.41) is 0. The molecule has 0 fully saturated rings. The van der Waals surface area contributed by atoms with Crippen LogP contribution in [0, 0.1) is 6.92 Å². The fourth-order valence-electron chi connectivity index (χ4n) is 2.95. The summed E-state index contributed by atoms with van der Waals surface area (Å²) in [5.41, 5.74) is 11.7. The largest absolute Gasteiger partial charge is 0.330 e. The number of pyridine rings is 4. The maximum atomic E-state index is 5.51. The van der Waals surface area contributed by atoms with Crippen molar-refractivity contribution in [2.45, 2.75) is 26.2 Å². The van der Waals surface area contributed by atoms with Crippen LogP contribution in [0.5, 0.6) is 0 Å². The second kappa shape index (κ2) is 11.5. The highest BCUT2D eigenvalue weighted by atomic mass is 14.8. The van der Waals surface area contributed by atoms with Crippen LogP contribution in [0.2, 0.25) is 0 Å². The lowest BCUT2D eigenvalue weighted by atomic mass is 10.1. The smallest absolute Gasteiger partial charge is 0.0888 e. The molecule has 0 radical (unpaired) electrons. The third-order valence-electron chi connectivity index (χ3n) is 4.51. The Labute approximate surface area is 178 Å². The van der Waals surface area contributed by atoms with Crippen LogP contribution in [0.25, 0.3) is 22.8 Å². The molecule has 0 spiro atoms. The lowest BCUT2D eigenvalue weighted by Gasteiger charge is -2.04. The first kappa shape index (κ1) is 21.3. The van der Waals surface area contributed by atoms with Crippen molar-refractivity contribution < 1.29 is 0 Å². The topological polar surface area (TPSA) is 77.6 Å². The number of hydrogen-bond acceptors (Lipinski definition) is 5. The Bertz CT molecular complexity index is 982. The number of unbranched alkanes of at least 4 members (excludes halogenated alkanes) is 1. The van der Waals surface area contributed by atoms with E-state index >= 15 is 0 Å². The Balaban J connectivity index is 0.000000184. The first-order chi connectivity index (χ1) is 14.8. The van der Waals surface area contributed by atoms with Gasteiger partial charge >= 0.3 is 0 Å². The number of aryl methyl sites for hydroxylation is 2. The van der Waals surface area contributed by atoms with E-state index in [1.807, 2.05) is 54.9 Å². The van der Waals surface area contributed by atoms with Gasteiger partial charge in [0, 0.05) is 24.8 Å². The summed E-state index contributed by atoms with van der Waals surface area (Å²) in [6, 6.07) is 19.8. The summed E-state index contributed by atoms with van der Waals surface area (Å²) in [6.07, 6.45) is 10.5. The van der Waals surface area contributed by atoms with Crippen molar-refractivity contribution in [2.24, 2.45) is 5.73 Å². The van der Waals surface area contributed by atoms with Crippen LogP contribution in [0.4, 0.5) is 0 Å². The van der Waals surface area contributed by atoms with Crippen molar-refractivity contribution in [1.29, 1.82) is 0 Å². The summed E-state index contributed by atoms with van der Waals surface area (Å²) in [6.45, 7) is 2.83. The van der Waals surface area contributed by atoms with Crippen molar-refractivity contribution in [3.8, 4) is 22.8 Å². The quantitative estimate of drug-likeness (QED) is 0.469. The Hall–Kier alpha value is -3.44. The Kier molecular flexibility index (Phi) is 8.18. The van der Waals surface area contributed by atoms with Gasteiger partial charge in [-0.25, -0.2) is 0 Å². The van der Waals surface area contributed by atoms with Crippen molar-refractivity contribution in [2.75, 3.05) is 6.54 Å². The SMILES string of the molecule is Cc1ccnc(-c2cc(CCCCN)ccn2)c1.c1ccc(-c2ccccn2)nc1. The second-order valence-electron chi connectivity index (χ2n) is 6.94. The molecule has 4 rings (SSSR count). The summed E-state index contributed by atoms with van der Waals surface area (Å²) in [7, 11) is 0. The van der Waals surface area contributed by atoms with E-state index in [9.17, 15) is 0 Å². The molecule has 152 valence electrons. The van der Waals surface area contributed by atoms with Crippen molar-refractivity contribution in [3.05, 3.63) is 96.6 Å². The van der Waals surface area contributed by atoms with E-state index in [2.05, 4.69) is 45.1 Å². The Morgan fingerprint density at radius 2 is 1.23 bits per heavy atom. The van der Waals surface area contributed by atoms with Gasteiger partial charge in [-0.1, -0.05) is 12.1 Å². The standard InChI is InChI=1S/C15H19N3.C10H8N2/c1-12-5-8-17-14(10-12)15-11-13(6-9-18-15)4-2-3-7-16;1-3-7-11-9(5-1)10-6-2-4-8-12-10/h5-6,8-11H,2-4,7,16H2,1H3;1-8H. The highest BCUT2D eigenvalue weighted by Crippen LogP contribution is 2.17. The fraction of sp³-hybridized carbons (Fsp3) is 0.200. The van der Waals surface area contributed by atoms with Gasteiger partial charge in [-0.05, 0) is 92.4 Å². The van der Waals surface area contributed by atoms with Gasteiger partial charge in [0.1, 0.15) is 0 Å². The van der Waals surface area contributed by atoms with Gasteiger partial charge in [0.05, 0.1) is 22.8 Å². The molecular formula is C25H27N5. The van der Waals surface area contributed by atoms with E-state index in [4.69, 9.17) is 5.73 Å². The summed E-state index contributed by atoms with van der Waals surface area (Å²) >= 11 is 0. The highest BCUT2D eigenvalue weighted by Gasteiger charge is 2.02. The molecular weight excluding hydrogens is 370 g/mol. The van der Waals surface area contributed by atoms with Crippen molar-refractivity contribution in [3.63, 3.8) is 0 Å². The van der Waals surface area contributed by atoms with Crippen LogP contribution in [0.3, 0.4) is 0 Å². The highest BCUT2D eigenvalue weighted by molar-refractivity contribution is 5.55. The normalized spacial score (nSPS) is 10.2. The van der Waals surface area contributed by atoms with Gasteiger partial charge in [-0.15, -0.1) is 0 Å². The molecule has 0 saturated carbocycles. The van der Waals surface area contributed by atoms with Crippen LogP contribution in [-0.2, 0) is 6.42 Å². The summed E-state index contributed by atoms with van der Waals surface area (Å²) in [5.74, 6) is 0. The van der Waals surface area contributed by atoms with Crippen molar-refractivity contribution >= 4 is 0 Å². The van der Waals surface area contributed by atoms with E-state index in [1.54, 1.807) is 12.4 Å². The number of nitrogens with two attached hydrogens (primary N) is 1. The van der Waals surface area contributed by atoms with Gasteiger partial charge in [0.25, 0.3) is 0 Å². The van der Waals surface area contributed by atoms with Crippen LogP contribution in [0.15, 0.2) is 85.5 Å². The third-order valence-corrected chi connectivity index (χ3v) is 4.51. The monoisotopic (exact) mass is 397 g/mol. The number of aromatic nitrogens is 4. The number of hydrogen-bond donors (Lipinski definition) is 1. The van der Waals surface area contributed by atoms with Crippen LogP contribution >= 0.6 is 0 Å². The first-order valence-electron chi connectivity index (χ1n) is 10.2. The maximum absolute atomic E-state index is 5.51. The summed E-state index contributed by atoms with van der Waals surface area (Å²) < 4.78 is 0. The minimum Gasteiger partial charge on any atom is -0.330 e. The average molecular weight is 398 g/mol. The zero-order valence-electron chi connectivity index (χ0n) is 17.3. The van der Waals surface area contributed by atoms with Gasteiger partial charge < -0.3 is 5.73 Å². The molecule has 4 aromatic heterocycles. The molecule has 0 aliphatic rings. The second-order valence-corrected chi connectivity index (χ2v) is 6.94. The molecule has 30 heavy (non-hydrogen) atoms. The molecule has 5 heteroatoms. The molecule has 2 N–H and O–H groups in total. The molecule has 4 heterocycles. The molecule has 0 amide bonds. The van der Waals surface area contributed by atoms with E-state index in [0.29, 0.717) is 0 Å². The minimum absolute atomic E-state index is 0.761. The maximum Gasteiger partial charge on any atom is 0.0888 e. The first-order valence-corrected chi connectivity index (χ1v) is 10.2. The minimum atomic E-state index is 0.761. The lowest BCUT2D eigenvalue weighted by molar-refractivity contribution is 0.744. The van der Waals surface area contributed by atoms with Gasteiger partial charge in [-0.2, -0.15) is 0 Å². The van der Waals surface area contributed by atoms with Gasteiger partial charge in [0.15, 0.2) is 0 Å². The van der Waals surface area contributed by atoms with Gasteiger partial charge in [-0.3, -0.25) is 19.9 Å². The zero-order chi connectivity index (χ0) is 21.0. The zero-order valence-corrected chi connectivity index (χ0v) is 17.3. The third kappa shape index (κ3) is 6.57. The van der Waals surface area contributed by atoms with Crippen LogP contribution < -0.4 is 5.73 Å². The van der Waals surface area contributed by atoms with Crippen molar-refractivity contribution in [1.82, 2.24) is 19.9 Å². The molecule has 0 bridgehead atoms. The van der Waals surface area contributed by atoms with E-state index in [-0.39, 0.29) is 0 Å². The molecule has 0 atom stereocenters. The molecule has 0 aromatic carbocycles. The number of rotatable bonds is 6. The molecule has 5 nitrogen and oxygen atoms in total. The molecule has 0 aliphatic heterocycles.